The topological polar surface area (TPSA) is 110 Å². The number of hydrogen-bond acceptors (Lipinski definition) is 5. The van der Waals surface area contributed by atoms with Crippen LogP contribution in [0.25, 0.3) is 0 Å². The van der Waals surface area contributed by atoms with E-state index in [9.17, 15) is 20.1 Å². The van der Waals surface area contributed by atoms with E-state index < -0.39 is 23.9 Å². The van der Waals surface area contributed by atoms with E-state index in [2.05, 4.69) is 5.32 Å². The lowest BCUT2D eigenvalue weighted by Gasteiger charge is -2.18. The molecule has 2 atom stereocenters. The third kappa shape index (κ3) is 3.16. The van der Waals surface area contributed by atoms with Gasteiger partial charge in [-0.15, -0.1) is 0 Å². The molecule has 0 amide bonds. The summed E-state index contributed by atoms with van der Waals surface area (Å²) in [6, 6.07) is 3.67. The van der Waals surface area contributed by atoms with Gasteiger partial charge >= 0.3 is 5.97 Å². The molecule has 1 aromatic rings. The number of aromatic carboxylic acids is 1. The minimum absolute atomic E-state index is 0.183. The third-order valence-corrected chi connectivity index (χ3v) is 2.37. The number of likely N-dealkylation sites (N-methyl/N-ethyl adjacent to an activating group) is 1. The van der Waals surface area contributed by atoms with Crippen LogP contribution in [0.15, 0.2) is 18.2 Å². The molecule has 94 valence electrons. The molecule has 0 aliphatic rings. The number of hydrogen-bond donors (Lipinski definition) is 5. The quantitative estimate of drug-likeness (QED) is 0.484. The Kier molecular flexibility index (Phi) is 4.45. The molecule has 0 radical (unpaired) electrons. The summed E-state index contributed by atoms with van der Waals surface area (Å²) in [5.41, 5.74) is 0.0132. The minimum Gasteiger partial charge on any atom is -0.507 e. The van der Waals surface area contributed by atoms with Gasteiger partial charge in [0.15, 0.2) is 0 Å². The number of aliphatic hydroxyl groups excluding tert-OH is 2. The predicted molar refractivity (Wildman–Crippen MR) is 60.0 cm³/mol. The molecule has 1 rings (SSSR count). The van der Waals surface area contributed by atoms with Crippen LogP contribution in [-0.4, -0.2) is 46.1 Å². The van der Waals surface area contributed by atoms with Gasteiger partial charge in [-0.05, 0) is 24.7 Å². The van der Waals surface area contributed by atoms with Crippen molar-refractivity contribution in [1.29, 1.82) is 0 Å². The summed E-state index contributed by atoms with van der Waals surface area (Å²) >= 11 is 0. The van der Waals surface area contributed by atoms with Gasteiger partial charge in [0.2, 0.25) is 0 Å². The molecule has 0 fully saturated rings. The van der Waals surface area contributed by atoms with Crippen molar-refractivity contribution in [1.82, 2.24) is 5.32 Å². The second kappa shape index (κ2) is 5.62. The van der Waals surface area contributed by atoms with Crippen LogP contribution in [-0.2, 0) is 0 Å². The molecule has 0 bridgehead atoms. The second-order valence-corrected chi connectivity index (χ2v) is 3.65. The van der Waals surface area contributed by atoms with E-state index in [0.717, 1.165) is 6.07 Å². The van der Waals surface area contributed by atoms with Crippen molar-refractivity contribution >= 4 is 5.97 Å². The van der Waals surface area contributed by atoms with Crippen LogP contribution in [0.4, 0.5) is 0 Å². The van der Waals surface area contributed by atoms with Gasteiger partial charge in [0, 0.05) is 6.54 Å². The highest BCUT2D eigenvalue weighted by Crippen LogP contribution is 2.24. The van der Waals surface area contributed by atoms with Crippen molar-refractivity contribution in [2.24, 2.45) is 0 Å². The van der Waals surface area contributed by atoms with E-state index in [1.807, 2.05) is 0 Å². The lowest BCUT2D eigenvalue weighted by atomic mass is 10.0. The highest BCUT2D eigenvalue weighted by atomic mass is 16.4. The minimum atomic E-state index is -1.25. The first kappa shape index (κ1) is 13.4. The zero-order chi connectivity index (χ0) is 13.0. The van der Waals surface area contributed by atoms with E-state index in [4.69, 9.17) is 5.11 Å². The molecule has 0 saturated carbocycles. The number of nitrogens with one attached hydrogen (secondary N) is 1. The number of carboxylic acid groups (broad SMARTS) is 1. The average Bonchev–Trinajstić information content (AvgIpc) is 2.27. The van der Waals surface area contributed by atoms with Crippen LogP contribution in [0.3, 0.4) is 0 Å². The fourth-order valence-electron chi connectivity index (χ4n) is 1.46. The Hall–Kier alpha value is -1.63. The van der Waals surface area contributed by atoms with Crippen LogP contribution < -0.4 is 5.32 Å². The number of carbonyl (C=O) groups is 1. The Bertz CT molecular complexity index is 407. The SMILES string of the molecule is CNCC(O)C(O)c1ccc(C(=O)O)c(O)c1. The molecule has 5 N–H and O–H groups in total. The van der Waals surface area contributed by atoms with Crippen LogP contribution in [0, 0.1) is 0 Å². The number of rotatable bonds is 5. The third-order valence-electron chi connectivity index (χ3n) is 2.37. The van der Waals surface area contributed by atoms with Gasteiger partial charge in [0.1, 0.15) is 17.4 Å². The second-order valence-electron chi connectivity index (χ2n) is 3.65. The standard InChI is InChI=1S/C11H15NO5/c1-12-5-9(14)10(15)6-2-3-7(11(16)17)8(13)4-6/h2-4,9-10,12-15H,5H2,1H3,(H,16,17). The predicted octanol–water partition coefficient (Wildman–Crippen LogP) is -0.296. The highest BCUT2D eigenvalue weighted by molar-refractivity contribution is 5.90. The van der Waals surface area contributed by atoms with Crippen molar-refractivity contribution in [2.75, 3.05) is 13.6 Å². The first-order valence-corrected chi connectivity index (χ1v) is 5.04. The molecule has 0 heterocycles. The first-order valence-electron chi connectivity index (χ1n) is 5.04. The Morgan fingerprint density at radius 1 is 1.41 bits per heavy atom. The first-order chi connectivity index (χ1) is 7.97. The monoisotopic (exact) mass is 241 g/mol. The molecule has 0 aliphatic carbocycles. The van der Waals surface area contributed by atoms with Gasteiger partial charge in [-0.2, -0.15) is 0 Å². The van der Waals surface area contributed by atoms with Crippen LogP contribution in [0.2, 0.25) is 0 Å². The van der Waals surface area contributed by atoms with Crippen molar-refractivity contribution in [3.05, 3.63) is 29.3 Å². The molecule has 0 aliphatic heterocycles. The van der Waals surface area contributed by atoms with Crippen LogP contribution in [0.1, 0.15) is 22.0 Å². The maximum atomic E-state index is 10.7. The Morgan fingerprint density at radius 2 is 2.06 bits per heavy atom. The van der Waals surface area contributed by atoms with E-state index >= 15 is 0 Å². The van der Waals surface area contributed by atoms with Gasteiger partial charge in [-0.25, -0.2) is 4.79 Å². The maximum absolute atomic E-state index is 10.7. The molecular formula is C11H15NO5. The highest BCUT2D eigenvalue weighted by Gasteiger charge is 2.19. The average molecular weight is 241 g/mol. The summed E-state index contributed by atoms with van der Waals surface area (Å²) in [6.07, 6.45) is -2.22. The fourth-order valence-corrected chi connectivity index (χ4v) is 1.46. The van der Waals surface area contributed by atoms with Crippen LogP contribution in [0.5, 0.6) is 5.75 Å². The van der Waals surface area contributed by atoms with Crippen molar-refractivity contribution in [2.45, 2.75) is 12.2 Å². The van der Waals surface area contributed by atoms with Gasteiger partial charge < -0.3 is 25.7 Å². The maximum Gasteiger partial charge on any atom is 0.339 e. The van der Waals surface area contributed by atoms with E-state index in [-0.39, 0.29) is 17.7 Å². The summed E-state index contributed by atoms with van der Waals surface area (Å²) in [7, 11) is 1.63. The number of aromatic hydroxyl groups is 1. The molecule has 0 saturated heterocycles. The zero-order valence-electron chi connectivity index (χ0n) is 9.29. The van der Waals surface area contributed by atoms with Crippen molar-refractivity contribution in [3.63, 3.8) is 0 Å². The Labute approximate surface area is 98.1 Å². The Morgan fingerprint density at radius 3 is 2.53 bits per heavy atom. The normalized spacial score (nSPS) is 14.3. The molecule has 2 unspecified atom stereocenters. The lowest BCUT2D eigenvalue weighted by molar-refractivity contribution is 0.0201. The lowest BCUT2D eigenvalue weighted by Crippen LogP contribution is -2.29. The number of phenols is 1. The molecule has 1 aromatic carbocycles. The number of carboxylic acids is 1. The van der Waals surface area contributed by atoms with E-state index in [1.54, 1.807) is 7.05 Å². The van der Waals surface area contributed by atoms with Gasteiger partial charge in [-0.3, -0.25) is 0 Å². The summed E-state index contributed by atoms with van der Waals surface area (Å²) in [6.45, 7) is 0.183. The van der Waals surface area contributed by atoms with E-state index in [0.29, 0.717) is 0 Å². The van der Waals surface area contributed by atoms with Gasteiger partial charge in [-0.1, -0.05) is 6.07 Å². The smallest absolute Gasteiger partial charge is 0.339 e. The zero-order valence-corrected chi connectivity index (χ0v) is 9.29. The van der Waals surface area contributed by atoms with Crippen molar-refractivity contribution < 1.29 is 25.2 Å². The molecule has 0 spiro atoms. The molecule has 6 nitrogen and oxygen atoms in total. The summed E-state index contributed by atoms with van der Waals surface area (Å²) in [5, 5.41) is 40.1. The molecule has 17 heavy (non-hydrogen) atoms. The largest absolute Gasteiger partial charge is 0.507 e. The van der Waals surface area contributed by atoms with Gasteiger partial charge in [0.25, 0.3) is 0 Å². The van der Waals surface area contributed by atoms with E-state index in [1.165, 1.54) is 12.1 Å². The van der Waals surface area contributed by atoms with Crippen molar-refractivity contribution in [3.8, 4) is 5.75 Å². The molecule has 0 aromatic heterocycles. The van der Waals surface area contributed by atoms with Gasteiger partial charge in [0.05, 0.1) is 6.10 Å². The summed E-state index contributed by atoms with van der Waals surface area (Å²) in [4.78, 5) is 10.7. The summed E-state index contributed by atoms with van der Waals surface area (Å²) in [5.74, 6) is -1.69. The molecular weight excluding hydrogens is 226 g/mol. The molecule has 6 heteroatoms. The van der Waals surface area contributed by atoms with Crippen LogP contribution >= 0.6 is 0 Å². The Balaban J connectivity index is 2.93. The number of benzene rings is 1. The summed E-state index contributed by atoms with van der Waals surface area (Å²) < 4.78 is 0. The number of aliphatic hydroxyl groups is 2. The fraction of sp³-hybridized carbons (Fsp3) is 0.364.